The van der Waals surface area contributed by atoms with Crippen LogP contribution in [-0.2, 0) is 0 Å². The first-order valence-electron chi connectivity index (χ1n) is 4.58. The maximum Gasteiger partial charge on any atom is 0.336 e. The Bertz CT molecular complexity index is 542. The summed E-state index contributed by atoms with van der Waals surface area (Å²) in [5.74, 6) is -1.14. The molecule has 1 amide bonds. The van der Waals surface area contributed by atoms with Gasteiger partial charge in [-0.2, -0.15) is 9.37 Å². The number of carbonyl (C=O) groups is 1. The highest BCUT2D eigenvalue weighted by Crippen LogP contribution is 2.07. The standard InChI is InChI=1S/C9H8FN5O2/c1-17-9-13-8(14-15-9)12-7(16)5-2-3-11-6(10)4-5/h2-4H,1H3,(H2,12,13,14,15,16). The molecular weight excluding hydrogens is 229 g/mol. The summed E-state index contributed by atoms with van der Waals surface area (Å²) in [5, 5.41) is 8.48. The Morgan fingerprint density at radius 1 is 1.59 bits per heavy atom. The van der Waals surface area contributed by atoms with Crippen molar-refractivity contribution in [2.75, 3.05) is 12.4 Å². The molecule has 17 heavy (non-hydrogen) atoms. The van der Waals surface area contributed by atoms with Crippen LogP contribution in [0.4, 0.5) is 10.3 Å². The first kappa shape index (κ1) is 11.0. The van der Waals surface area contributed by atoms with Crippen LogP contribution in [0.1, 0.15) is 10.4 Å². The molecule has 0 unspecified atom stereocenters. The van der Waals surface area contributed by atoms with Crippen molar-refractivity contribution in [2.45, 2.75) is 0 Å². The lowest BCUT2D eigenvalue weighted by atomic mass is 10.2. The van der Waals surface area contributed by atoms with E-state index in [1.54, 1.807) is 0 Å². The summed E-state index contributed by atoms with van der Waals surface area (Å²) in [7, 11) is 1.40. The van der Waals surface area contributed by atoms with Gasteiger partial charge in [0.15, 0.2) is 0 Å². The van der Waals surface area contributed by atoms with Gasteiger partial charge in [-0.15, -0.1) is 5.10 Å². The Morgan fingerprint density at radius 2 is 2.41 bits per heavy atom. The molecule has 0 fully saturated rings. The van der Waals surface area contributed by atoms with Crippen molar-refractivity contribution >= 4 is 11.9 Å². The average molecular weight is 237 g/mol. The maximum absolute atomic E-state index is 12.8. The van der Waals surface area contributed by atoms with Crippen LogP contribution in [0.2, 0.25) is 0 Å². The molecule has 0 aliphatic rings. The molecule has 0 radical (unpaired) electrons. The number of H-pyrrole nitrogens is 1. The number of hydrogen-bond donors (Lipinski definition) is 2. The van der Waals surface area contributed by atoms with E-state index in [2.05, 4.69) is 25.5 Å². The number of pyridine rings is 1. The lowest BCUT2D eigenvalue weighted by Crippen LogP contribution is -2.13. The smallest absolute Gasteiger partial charge is 0.336 e. The number of aromatic amines is 1. The minimum Gasteiger partial charge on any atom is -0.466 e. The van der Waals surface area contributed by atoms with Gasteiger partial charge in [0.2, 0.25) is 11.9 Å². The fourth-order valence-electron chi connectivity index (χ4n) is 1.12. The van der Waals surface area contributed by atoms with Crippen LogP contribution in [0, 0.1) is 5.95 Å². The van der Waals surface area contributed by atoms with Crippen LogP contribution in [0.5, 0.6) is 6.01 Å². The molecule has 0 saturated carbocycles. The van der Waals surface area contributed by atoms with Gasteiger partial charge in [-0.3, -0.25) is 10.1 Å². The molecule has 0 aliphatic carbocycles. The number of halogens is 1. The zero-order chi connectivity index (χ0) is 12.3. The molecular formula is C9H8FN5O2. The minimum absolute atomic E-state index is 0.0983. The Labute approximate surface area is 95.0 Å². The molecule has 88 valence electrons. The third-order valence-corrected chi connectivity index (χ3v) is 1.87. The van der Waals surface area contributed by atoms with Crippen LogP contribution in [0.25, 0.3) is 0 Å². The second-order valence-corrected chi connectivity index (χ2v) is 2.99. The van der Waals surface area contributed by atoms with Gasteiger partial charge in [0.25, 0.3) is 5.91 Å². The summed E-state index contributed by atoms with van der Waals surface area (Å²) in [6, 6.07) is 2.50. The van der Waals surface area contributed by atoms with Crippen LogP contribution in [0.3, 0.4) is 0 Å². The number of methoxy groups -OCH3 is 1. The van der Waals surface area contributed by atoms with Gasteiger partial charge in [-0.1, -0.05) is 0 Å². The second-order valence-electron chi connectivity index (χ2n) is 2.99. The fraction of sp³-hybridized carbons (Fsp3) is 0.111. The molecule has 7 nitrogen and oxygen atoms in total. The molecule has 2 rings (SSSR count). The zero-order valence-electron chi connectivity index (χ0n) is 8.77. The summed E-state index contributed by atoms with van der Waals surface area (Å²) < 4.78 is 17.5. The summed E-state index contributed by atoms with van der Waals surface area (Å²) in [5.41, 5.74) is 0.132. The van der Waals surface area contributed by atoms with E-state index < -0.39 is 11.9 Å². The van der Waals surface area contributed by atoms with Gasteiger partial charge in [0, 0.05) is 17.8 Å². The van der Waals surface area contributed by atoms with Gasteiger partial charge >= 0.3 is 6.01 Å². The van der Waals surface area contributed by atoms with Crippen molar-refractivity contribution in [1.29, 1.82) is 0 Å². The second kappa shape index (κ2) is 4.56. The van der Waals surface area contributed by atoms with Crippen molar-refractivity contribution in [3.8, 4) is 6.01 Å². The molecule has 2 aromatic heterocycles. The molecule has 2 N–H and O–H groups in total. The van der Waals surface area contributed by atoms with Crippen molar-refractivity contribution in [1.82, 2.24) is 20.2 Å². The number of rotatable bonds is 3. The normalized spacial score (nSPS) is 10.0. The van der Waals surface area contributed by atoms with Gasteiger partial charge in [-0.25, -0.2) is 10.1 Å². The number of nitrogens with zero attached hydrogens (tertiary/aromatic N) is 3. The van der Waals surface area contributed by atoms with E-state index >= 15 is 0 Å². The number of nitrogens with one attached hydrogen (secondary N) is 2. The van der Waals surface area contributed by atoms with Gasteiger partial charge < -0.3 is 4.74 Å². The molecule has 0 spiro atoms. The highest BCUT2D eigenvalue weighted by atomic mass is 19.1. The van der Waals surface area contributed by atoms with E-state index in [4.69, 9.17) is 4.74 Å². The topological polar surface area (TPSA) is 92.8 Å². The third-order valence-electron chi connectivity index (χ3n) is 1.87. The van der Waals surface area contributed by atoms with E-state index in [-0.39, 0.29) is 17.5 Å². The van der Waals surface area contributed by atoms with Gasteiger partial charge in [0.05, 0.1) is 7.11 Å². The molecule has 8 heteroatoms. The minimum atomic E-state index is -0.729. The van der Waals surface area contributed by atoms with E-state index in [1.165, 1.54) is 19.4 Å². The number of hydrogen-bond acceptors (Lipinski definition) is 5. The molecule has 0 saturated heterocycles. The first-order valence-corrected chi connectivity index (χ1v) is 4.58. The van der Waals surface area contributed by atoms with E-state index in [1.807, 2.05) is 0 Å². The summed E-state index contributed by atoms with van der Waals surface area (Å²) in [4.78, 5) is 18.8. The summed E-state index contributed by atoms with van der Waals surface area (Å²) in [6.07, 6.45) is 1.20. The number of ether oxygens (including phenoxy) is 1. The SMILES string of the molecule is COc1n[nH]c(NC(=O)c2ccnc(F)c2)n1. The Morgan fingerprint density at radius 3 is 3.06 bits per heavy atom. The highest BCUT2D eigenvalue weighted by Gasteiger charge is 2.10. The third kappa shape index (κ3) is 2.54. The Kier molecular flexibility index (Phi) is 2.95. The van der Waals surface area contributed by atoms with Crippen LogP contribution in [0.15, 0.2) is 18.3 Å². The highest BCUT2D eigenvalue weighted by molar-refractivity contribution is 6.03. The molecule has 0 aliphatic heterocycles. The van der Waals surface area contributed by atoms with Gasteiger partial charge in [-0.05, 0) is 6.07 Å². The summed E-state index contributed by atoms with van der Waals surface area (Å²) >= 11 is 0. The number of anilines is 1. The Hall–Kier alpha value is -2.51. The predicted molar refractivity (Wildman–Crippen MR) is 55.1 cm³/mol. The largest absolute Gasteiger partial charge is 0.466 e. The quantitative estimate of drug-likeness (QED) is 0.762. The van der Waals surface area contributed by atoms with E-state index in [9.17, 15) is 9.18 Å². The van der Waals surface area contributed by atoms with Crippen LogP contribution < -0.4 is 10.1 Å². The number of carbonyl (C=O) groups excluding carboxylic acids is 1. The van der Waals surface area contributed by atoms with E-state index in [0.29, 0.717) is 0 Å². The van der Waals surface area contributed by atoms with Crippen molar-refractivity contribution in [3.05, 3.63) is 29.8 Å². The Balaban J connectivity index is 2.11. The molecule has 0 aromatic carbocycles. The van der Waals surface area contributed by atoms with Crippen molar-refractivity contribution in [3.63, 3.8) is 0 Å². The molecule has 2 heterocycles. The fourth-order valence-corrected chi connectivity index (χ4v) is 1.12. The summed E-state index contributed by atoms with van der Waals surface area (Å²) in [6.45, 7) is 0. The number of aromatic nitrogens is 4. The lowest BCUT2D eigenvalue weighted by molar-refractivity contribution is 0.102. The zero-order valence-corrected chi connectivity index (χ0v) is 8.77. The van der Waals surface area contributed by atoms with Crippen LogP contribution >= 0.6 is 0 Å². The predicted octanol–water partition coefficient (Wildman–Crippen LogP) is 0.600. The van der Waals surface area contributed by atoms with Crippen LogP contribution in [-0.4, -0.2) is 33.2 Å². The molecule has 2 aromatic rings. The first-order chi connectivity index (χ1) is 8.19. The molecule has 0 atom stereocenters. The molecule has 0 bridgehead atoms. The average Bonchev–Trinajstić information content (AvgIpc) is 2.77. The lowest BCUT2D eigenvalue weighted by Gasteiger charge is -2.00. The van der Waals surface area contributed by atoms with Crippen molar-refractivity contribution < 1.29 is 13.9 Å². The maximum atomic E-state index is 12.8. The van der Waals surface area contributed by atoms with Crippen molar-refractivity contribution in [2.24, 2.45) is 0 Å². The van der Waals surface area contributed by atoms with E-state index in [0.717, 1.165) is 6.07 Å². The number of amides is 1. The monoisotopic (exact) mass is 237 g/mol. The van der Waals surface area contributed by atoms with Gasteiger partial charge in [0.1, 0.15) is 0 Å².